The van der Waals surface area contributed by atoms with Crippen LogP contribution < -0.4 is 4.80 Å². The minimum absolute atomic E-state index is 0.126. The molecule has 12 heteroatoms. The van der Waals surface area contributed by atoms with E-state index in [1.54, 1.807) is 17.8 Å². The molecule has 3 heterocycles. The Morgan fingerprint density at radius 2 is 2.12 bits per heavy atom. The smallest absolute Gasteiger partial charge is 0.252 e. The van der Waals surface area contributed by atoms with E-state index in [0.717, 1.165) is 26.4 Å². The number of hydrogen-bond acceptors (Lipinski definition) is 7. The van der Waals surface area contributed by atoms with Gasteiger partial charge in [0, 0.05) is 31.1 Å². The lowest BCUT2D eigenvalue weighted by Crippen LogP contribution is -2.42. The normalized spacial score (nSPS) is 18.1. The van der Waals surface area contributed by atoms with Gasteiger partial charge in [0.2, 0.25) is 0 Å². The van der Waals surface area contributed by atoms with E-state index in [4.69, 9.17) is 16.3 Å². The Kier molecular flexibility index (Phi) is 8.55. The van der Waals surface area contributed by atoms with Crippen LogP contribution in [0.25, 0.3) is 10.2 Å². The van der Waals surface area contributed by atoms with Gasteiger partial charge in [-0.15, -0.1) is 23.1 Å². The fourth-order valence-electron chi connectivity index (χ4n) is 3.89. The van der Waals surface area contributed by atoms with Crippen LogP contribution in [-0.2, 0) is 26.1 Å². The number of thiophene rings is 1. The van der Waals surface area contributed by atoms with Crippen LogP contribution in [-0.4, -0.2) is 55.8 Å². The van der Waals surface area contributed by atoms with Gasteiger partial charge in [-0.05, 0) is 56.4 Å². The number of amides is 1. The molecule has 1 unspecified atom stereocenters. The maximum atomic E-state index is 13.2. The molecule has 1 saturated heterocycles. The number of nitrogens with zero attached hydrogens (tertiary/aromatic N) is 3. The van der Waals surface area contributed by atoms with Crippen LogP contribution in [0.1, 0.15) is 19.8 Å². The second kappa shape index (κ2) is 11.2. The first-order chi connectivity index (χ1) is 16.3. The zero-order valence-electron chi connectivity index (χ0n) is 18.9. The van der Waals surface area contributed by atoms with Crippen LogP contribution in [0.15, 0.2) is 44.4 Å². The maximum absolute atomic E-state index is 13.2. The molecule has 0 aliphatic carbocycles. The number of aromatic nitrogens is 1. The third-order valence-corrected chi connectivity index (χ3v) is 11.0. The Morgan fingerprint density at radius 3 is 2.82 bits per heavy atom. The molecule has 3 aromatic rings. The summed E-state index contributed by atoms with van der Waals surface area (Å²) in [5, 5.41) is 0. The van der Waals surface area contributed by atoms with E-state index in [2.05, 4.69) is 17.1 Å². The monoisotopic (exact) mass is 559 g/mol. The number of halogens is 1. The summed E-state index contributed by atoms with van der Waals surface area (Å²) >= 11 is 10.1. The number of hydrogen-bond donors (Lipinski definition) is 0. The van der Waals surface area contributed by atoms with Gasteiger partial charge in [-0.25, -0.2) is 8.42 Å². The maximum Gasteiger partial charge on any atom is 0.252 e. The zero-order chi connectivity index (χ0) is 24.3. The summed E-state index contributed by atoms with van der Waals surface area (Å²) in [4.78, 5) is 19.5. The largest absolute Gasteiger partial charge is 0.380 e. The Labute approximate surface area is 216 Å². The predicted octanol–water partition coefficient (Wildman–Crippen LogP) is 4.70. The summed E-state index contributed by atoms with van der Waals surface area (Å²) < 4.78 is 36.7. The summed E-state index contributed by atoms with van der Waals surface area (Å²) in [7, 11) is -3.68. The number of thioether (sulfide) groups is 1. The van der Waals surface area contributed by atoms with E-state index >= 15 is 0 Å². The van der Waals surface area contributed by atoms with Crippen LogP contribution >= 0.6 is 46.0 Å². The van der Waals surface area contributed by atoms with E-state index in [-0.39, 0.29) is 16.7 Å². The first kappa shape index (κ1) is 25.9. The number of benzene rings is 1. The van der Waals surface area contributed by atoms with Crippen molar-refractivity contribution in [1.29, 1.82) is 0 Å². The fraction of sp³-hybridized carbons (Fsp3) is 0.455. The molecule has 1 fully saturated rings. The van der Waals surface area contributed by atoms with Crippen LogP contribution in [0, 0.1) is 5.92 Å². The molecule has 2 aromatic heterocycles. The molecular formula is C22H26ClN3O4S4. The minimum atomic E-state index is -3.68. The average Bonchev–Trinajstić information content (AvgIpc) is 3.42. The van der Waals surface area contributed by atoms with Crippen molar-refractivity contribution in [2.75, 3.05) is 32.6 Å². The number of thiazole rings is 1. The molecule has 1 atom stereocenters. The first-order valence-corrected chi connectivity index (χ1v) is 15.6. The summed E-state index contributed by atoms with van der Waals surface area (Å²) in [5.41, 5.74) is 1.01. The van der Waals surface area contributed by atoms with Crippen molar-refractivity contribution in [2.45, 2.75) is 35.4 Å². The SMILES string of the molecule is CCOCCn1c(=NC(=O)C2CCCN(S(=O)(=O)c3ccc(Cl)s3)C2)sc2cc(SC)ccc21. The fourth-order valence-corrected chi connectivity index (χ4v) is 8.67. The van der Waals surface area contributed by atoms with Crippen LogP contribution in [0.2, 0.25) is 4.34 Å². The van der Waals surface area contributed by atoms with Crippen molar-refractivity contribution in [2.24, 2.45) is 10.9 Å². The average molecular weight is 560 g/mol. The Hall–Kier alpha value is -1.21. The second-order valence-corrected chi connectivity index (χ2v) is 13.5. The quantitative estimate of drug-likeness (QED) is 0.295. The highest BCUT2D eigenvalue weighted by Crippen LogP contribution is 2.31. The summed E-state index contributed by atoms with van der Waals surface area (Å²) in [6.45, 7) is 4.18. The lowest BCUT2D eigenvalue weighted by Gasteiger charge is -2.29. The second-order valence-electron chi connectivity index (χ2n) is 7.78. The number of piperidine rings is 1. The molecule has 7 nitrogen and oxygen atoms in total. The lowest BCUT2D eigenvalue weighted by atomic mass is 9.99. The lowest BCUT2D eigenvalue weighted by molar-refractivity contribution is -0.122. The number of ether oxygens (including phenoxy) is 1. The summed E-state index contributed by atoms with van der Waals surface area (Å²) in [6.07, 6.45) is 3.25. The van der Waals surface area contributed by atoms with Crippen molar-refractivity contribution < 1.29 is 17.9 Å². The molecule has 1 amide bonds. The van der Waals surface area contributed by atoms with E-state index < -0.39 is 15.9 Å². The Morgan fingerprint density at radius 1 is 1.29 bits per heavy atom. The Balaban J connectivity index is 1.62. The first-order valence-electron chi connectivity index (χ1n) is 10.9. The van der Waals surface area contributed by atoms with E-state index in [1.807, 2.05) is 23.8 Å². The van der Waals surface area contributed by atoms with Crippen molar-refractivity contribution in [3.05, 3.63) is 39.5 Å². The van der Waals surface area contributed by atoms with Crippen molar-refractivity contribution in [1.82, 2.24) is 8.87 Å². The molecule has 34 heavy (non-hydrogen) atoms. The van der Waals surface area contributed by atoms with Crippen molar-refractivity contribution in [3.8, 4) is 0 Å². The van der Waals surface area contributed by atoms with Gasteiger partial charge in [0.05, 0.1) is 27.1 Å². The van der Waals surface area contributed by atoms with Crippen molar-refractivity contribution >= 4 is 72.2 Å². The van der Waals surface area contributed by atoms with Crippen LogP contribution in [0.5, 0.6) is 0 Å². The molecule has 0 bridgehead atoms. The summed E-state index contributed by atoms with van der Waals surface area (Å²) in [5.74, 6) is -0.766. The summed E-state index contributed by atoms with van der Waals surface area (Å²) in [6, 6.07) is 9.30. The molecule has 0 spiro atoms. The third kappa shape index (κ3) is 5.61. The standard InChI is InChI=1S/C22H26ClN3O4S4/c1-3-30-12-11-26-17-7-6-16(31-2)13-18(17)32-22(26)24-21(27)15-5-4-10-25(14-15)34(28,29)20-9-8-19(23)33-20/h6-9,13,15H,3-5,10-12,14H2,1-2H3. The van der Waals surface area contributed by atoms with E-state index in [1.165, 1.54) is 21.7 Å². The number of rotatable bonds is 8. The molecule has 1 aromatic carbocycles. The molecule has 1 aliphatic heterocycles. The number of carbonyl (C=O) groups is 1. The molecule has 1 aliphatic rings. The number of carbonyl (C=O) groups excluding carboxylic acids is 1. The highest BCUT2D eigenvalue weighted by molar-refractivity contribution is 7.98. The van der Waals surface area contributed by atoms with Gasteiger partial charge in [0.1, 0.15) is 4.21 Å². The van der Waals surface area contributed by atoms with Gasteiger partial charge >= 0.3 is 0 Å². The van der Waals surface area contributed by atoms with E-state index in [9.17, 15) is 13.2 Å². The van der Waals surface area contributed by atoms with Gasteiger partial charge in [-0.2, -0.15) is 9.30 Å². The van der Waals surface area contributed by atoms with Gasteiger partial charge in [-0.1, -0.05) is 22.9 Å². The van der Waals surface area contributed by atoms with Gasteiger partial charge in [0.25, 0.3) is 15.9 Å². The molecule has 184 valence electrons. The number of sulfonamides is 1. The van der Waals surface area contributed by atoms with Gasteiger partial charge in [0.15, 0.2) is 4.80 Å². The van der Waals surface area contributed by atoms with Crippen molar-refractivity contribution in [3.63, 3.8) is 0 Å². The van der Waals surface area contributed by atoms with Crippen LogP contribution in [0.4, 0.5) is 0 Å². The number of fused-ring (bicyclic) bond motifs is 1. The molecule has 0 radical (unpaired) electrons. The van der Waals surface area contributed by atoms with Gasteiger partial charge < -0.3 is 9.30 Å². The Bertz CT molecular complexity index is 1350. The van der Waals surface area contributed by atoms with E-state index in [0.29, 0.717) is 48.3 Å². The highest BCUT2D eigenvalue weighted by Gasteiger charge is 2.34. The predicted molar refractivity (Wildman–Crippen MR) is 139 cm³/mol. The molecule has 0 saturated carbocycles. The minimum Gasteiger partial charge on any atom is -0.380 e. The molecule has 0 N–H and O–H groups in total. The molecular weight excluding hydrogens is 534 g/mol. The zero-order valence-corrected chi connectivity index (χ0v) is 22.9. The molecule has 4 rings (SSSR count). The highest BCUT2D eigenvalue weighted by atomic mass is 35.5. The third-order valence-electron chi connectivity index (χ3n) is 5.64. The van der Waals surface area contributed by atoms with Gasteiger partial charge in [-0.3, -0.25) is 4.79 Å². The van der Waals surface area contributed by atoms with Crippen LogP contribution in [0.3, 0.4) is 0 Å². The topological polar surface area (TPSA) is 81.0 Å².